The summed E-state index contributed by atoms with van der Waals surface area (Å²) in [6.07, 6.45) is 4.38. The van der Waals surface area contributed by atoms with Crippen LogP contribution in [0.5, 0.6) is 0 Å². The molecule has 0 spiro atoms. The number of rotatable bonds is 2. The van der Waals surface area contributed by atoms with E-state index in [0.29, 0.717) is 5.56 Å². The molecular formula is C15H20N2O. The molecule has 0 unspecified atom stereocenters. The van der Waals surface area contributed by atoms with Crippen molar-refractivity contribution in [3.63, 3.8) is 0 Å². The Morgan fingerprint density at radius 1 is 1.28 bits per heavy atom. The first-order valence-electron chi connectivity index (χ1n) is 6.58. The van der Waals surface area contributed by atoms with Crippen molar-refractivity contribution in [2.24, 2.45) is 11.0 Å². The highest BCUT2D eigenvalue weighted by molar-refractivity contribution is 5.96. The molecule has 2 rings (SSSR count). The molecule has 0 heterocycles. The van der Waals surface area contributed by atoms with Crippen LogP contribution in [0.3, 0.4) is 0 Å². The summed E-state index contributed by atoms with van der Waals surface area (Å²) in [4.78, 5) is 12.0. The Bertz CT molecular complexity index is 455. The molecule has 1 amide bonds. The molecule has 96 valence electrons. The maximum atomic E-state index is 12.0. The summed E-state index contributed by atoms with van der Waals surface area (Å²) >= 11 is 0. The van der Waals surface area contributed by atoms with E-state index in [4.69, 9.17) is 0 Å². The molecule has 1 fully saturated rings. The SMILES string of the molecule is Cc1ccccc1C(=O)NN=C1CCC(C)CC1. The van der Waals surface area contributed by atoms with Crippen LogP contribution in [-0.4, -0.2) is 11.6 Å². The van der Waals surface area contributed by atoms with Crippen LogP contribution in [0.25, 0.3) is 0 Å². The molecule has 1 aromatic rings. The fourth-order valence-corrected chi connectivity index (χ4v) is 2.22. The fourth-order valence-electron chi connectivity index (χ4n) is 2.22. The van der Waals surface area contributed by atoms with Crippen LogP contribution in [0.4, 0.5) is 0 Å². The molecule has 0 aromatic heterocycles. The predicted molar refractivity (Wildman–Crippen MR) is 73.7 cm³/mol. The smallest absolute Gasteiger partial charge is 0.267 e. The molecule has 0 atom stereocenters. The third-order valence-corrected chi connectivity index (χ3v) is 3.56. The molecule has 1 aliphatic carbocycles. The maximum Gasteiger partial charge on any atom is 0.271 e. The predicted octanol–water partition coefficient (Wildman–Crippen LogP) is 3.29. The summed E-state index contributed by atoms with van der Waals surface area (Å²) < 4.78 is 0. The first-order valence-corrected chi connectivity index (χ1v) is 6.58. The van der Waals surface area contributed by atoms with Crippen LogP contribution in [0.1, 0.15) is 48.5 Å². The average Bonchev–Trinajstić information content (AvgIpc) is 2.38. The lowest BCUT2D eigenvalue weighted by Gasteiger charge is -2.18. The number of benzene rings is 1. The normalized spacial score (nSPS) is 19.4. The Hall–Kier alpha value is -1.64. The van der Waals surface area contributed by atoms with Gasteiger partial charge in [-0.15, -0.1) is 0 Å². The summed E-state index contributed by atoms with van der Waals surface area (Å²) in [7, 11) is 0. The van der Waals surface area contributed by atoms with Gasteiger partial charge in [-0.2, -0.15) is 5.10 Å². The van der Waals surface area contributed by atoms with E-state index < -0.39 is 0 Å². The zero-order valence-corrected chi connectivity index (χ0v) is 11.1. The number of hydrogen-bond acceptors (Lipinski definition) is 2. The van der Waals surface area contributed by atoms with Gasteiger partial charge in [0.05, 0.1) is 0 Å². The van der Waals surface area contributed by atoms with Gasteiger partial charge in [-0.3, -0.25) is 4.79 Å². The lowest BCUT2D eigenvalue weighted by atomic mass is 9.90. The first kappa shape index (κ1) is 12.8. The molecule has 1 saturated carbocycles. The summed E-state index contributed by atoms with van der Waals surface area (Å²) in [5.74, 6) is 0.676. The molecule has 1 aliphatic rings. The minimum atomic E-state index is -0.112. The lowest BCUT2D eigenvalue weighted by molar-refractivity contribution is 0.0954. The second-order valence-electron chi connectivity index (χ2n) is 5.12. The minimum Gasteiger partial charge on any atom is -0.267 e. The molecule has 0 saturated heterocycles. The van der Waals surface area contributed by atoms with E-state index in [1.54, 1.807) is 0 Å². The standard InChI is InChI=1S/C15H20N2O/c1-11-7-9-13(10-8-11)16-17-15(18)14-6-4-3-5-12(14)2/h3-6,11H,7-10H2,1-2H3,(H,17,18). The van der Waals surface area contributed by atoms with Crippen molar-refractivity contribution in [3.8, 4) is 0 Å². The second kappa shape index (κ2) is 5.80. The number of amides is 1. The van der Waals surface area contributed by atoms with E-state index in [9.17, 15) is 4.79 Å². The van der Waals surface area contributed by atoms with Gasteiger partial charge in [-0.25, -0.2) is 5.43 Å². The highest BCUT2D eigenvalue weighted by atomic mass is 16.2. The van der Waals surface area contributed by atoms with Gasteiger partial charge in [0.2, 0.25) is 0 Å². The van der Waals surface area contributed by atoms with Gasteiger partial charge in [0.25, 0.3) is 5.91 Å². The molecule has 3 nitrogen and oxygen atoms in total. The third-order valence-electron chi connectivity index (χ3n) is 3.56. The number of carbonyl (C=O) groups is 1. The van der Waals surface area contributed by atoms with E-state index in [2.05, 4.69) is 17.5 Å². The van der Waals surface area contributed by atoms with Crippen molar-refractivity contribution in [1.29, 1.82) is 0 Å². The van der Waals surface area contributed by atoms with E-state index >= 15 is 0 Å². The number of hydrazone groups is 1. The summed E-state index contributed by atoms with van der Waals surface area (Å²) in [6, 6.07) is 7.57. The highest BCUT2D eigenvalue weighted by Gasteiger charge is 2.14. The Kier molecular flexibility index (Phi) is 4.13. The van der Waals surface area contributed by atoms with Gasteiger partial charge in [0.1, 0.15) is 0 Å². The van der Waals surface area contributed by atoms with Crippen molar-refractivity contribution in [2.45, 2.75) is 39.5 Å². The summed E-state index contributed by atoms with van der Waals surface area (Å²) in [5.41, 5.74) is 5.47. The fraction of sp³-hybridized carbons (Fsp3) is 0.467. The average molecular weight is 244 g/mol. The number of nitrogens with zero attached hydrogens (tertiary/aromatic N) is 1. The van der Waals surface area contributed by atoms with E-state index in [1.807, 2.05) is 31.2 Å². The van der Waals surface area contributed by atoms with Crippen molar-refractivity contribution in [3.05, 3.63) is 35.4 Å². The van der Waals surface area contributed by atoms with Crippen LogP contribution in [-0.2, 0) is 0 Å². The zero-order chi connectivity index (χ0) is 13.0. The second-order valence-corrected chi connectivity index (χ2v) is 5.12. The zero-order valence-electron chi connectivity index (χ0n) is 11.1. The Morgan fingerprint density at radius 2 is 1.94 bits per heavy atom. The minimum absolute atomic E-state index is 0.112. The highest BCUT2D eigenvalue weighted by Crippen LogP contribution is 2.21. The molecule has 1 N–H and O–H groups in total. The van der Waals surface area contributed by atoms with Gasteiger partial charge >= 0.3 is 0 Å². The molecule has 18 heavy (non-hydrogen) atoms. The summed E-state index contributed by atoms with van der Waals surface area (Å²) in [6.45, 7) is 4.20. The van der Waals surface area contributed by atoms with Gasteiger partial charge in [-0.05, 0) is 50.2 Å². The van der Waals surface area contributed by atoms with Gasteiger partial charge in [-0.1, -0.05) is 25.1 Å². The number of hydrogen-bond donors (Lipinski definition) is 1. The van der Waals surface area contributed by atoms with Crippen LogP contribution in [0.2, 0.25) is 0 Å². The van der Waals surface area contributed by atoms with Crippen molar-refractivity contribution >= 4 is 11.6 Å². The topological polar surface area (TPSA) is 41.5 Å². The third kappa shape index (κ3) is 3.19. The van der Waals surface area contributed by atoms with Crippen molar-refractivity contribution < 1.29 is 4.79 Å². The molecule has 0 radical (unpaired) electrons. The molecule has 0 bridgehead atoms. The van der Waals surface area contributed by atoms with Gasteiger partial charge < -0.3 is 0 Å². The molecular weight excluding hydrogens is 224 g/mol. The molecule has 1 aromatic carbocycles. The van der Waals surface area contributed by atoms with Crippen molar-refractivity contribution in [2.75, 3.05) is 0 Å². The van der Waals surface area contributed by atoms with E-state index in [-0.39, 0.29) is 5.91 Å². The van der Waals surface area contributed by atoms with Crippen LogP contribution in [0, 0.1) is 12.8 Å². The Morgan fingerprint density at radius 3 is 2.61 bits per heavy atom. The lowest BCUT2D eigenvalue weighted by Crippen LogP contribution is -2.22. The maximum absolute atomic E-state index is 12.0. The molecule has 3 heteroatoms. The van der Waals surface area contributed by atoms with Crippen LogP contribution >= 0.6 is 0 Å². The summed E-state index contributed by atoms with van der Waals surface area (Å²) in [5, 5.41) is 4.25. The number of aryl methyl sites for hydroxylation is 1. The quantitative estimate of drug-likeness (QED) is 0.797. The number of nitrogens with one attached hydrogen (secondary N) is 1. The van der Waals surface area contributed by atoms with E-state index in [1.165, 1.54) is 12.8 Å². The van der Waals surface area contributed by atoms with Crippen LogP contribution < -0.4 is 5.43 Å². The number of carbonyl (C=O) groups excluding carboxylic acids is 1. The van der Waals surface area contributed by atoms with Gasteiger partial charge in [0.15, 0.2) is 0 Å². The first-order chi connectivity index (χ1) is 8.66. The Balaban J connectivity index is 1.96. The van der Waals surface area contributed by atoms with Crippen molar-refractivity contribution in [1.82, 2.24) is 5.43 Å². The van der Waals surface area contributed by atoms with Crippen LogP contribution in [0.15, 0.2) is 29.4 Å². The van der Waals surface area contributed by atoms with Gasteiger partial charge in [0, 0.05) is 11.3 Å². The Labute approximate surface area is 108 Å². The largest absolute Gasteiger partial charge is 0.271 e. The molecule has 0 aliphatic heterocycles. The monoisotopic (exact) mass is 244 g/mol. The van der Waals surface area contributed by atoms with E-state index in [0.717, 1.165) is 30.0 Å².